The van der Waals surface area contributed by atoms with Gasteiger partial charge >= 0.3 is 5.97 Å². The number of aliphatic carboxylic acids is 1. The summed E-state index contributed by atoms with van der Waals surface area (Å²) in [6, 6.07) is 6.25. The highest BCUT2D eigenvalue weighted by molar-refractivity contribution is 5.85. The molecule has 1 aromatic carbocycles. The molecule has 6 nitrogen and oxygen atoms in total. The van der Waals surface area contributed by atoms with Gasteiger partial charge in [0.2, 0.25) is 5.91 Å². The fourth-order valence-corrected chi connectivity index (χ4v) is 4.57. The van der Waals surface area contributed by atoms with E-state index in [0.717, 1.165) is 68.4 Å². The number of benzene rings is 1. The number of amides is 1. The molecule has 0 saturated carbocycles. The molecule has 8 heteroatoms. The summed E-state index contributed by atoms with van der Waals surface area (Å²) in [6.07, 6.45) is 5.10. The minimum Gasteiger partial charge on any atom is -0.481 e. The van der Waals surface area contributed by atoms with Crippen LogP contribution in [0.15, 0.2) is 30.3 Å². The number of fused-ring (bicyclic) bond motifs is 1. The van der Waals surface area contributed by atoms with Crippen LogP contribution in [-0.4, -0.2) is 40.0 Å². The molecule has 4 rings (SSSR count). The summed E-state index contributed by atoms with van der Waals surface area (Å²) in [5, 5.41) is 12.6. The summed E-state index contributed by atoms with van der Waals surface area (Å²) in [5.74, 6) is -2.04. The Morgan fingerprint density at radius 3 is 2.72 bits per heavy atom. The van der Waals surface area contributed by atoms with Gasteiger partial charge in [0.25, 0.3) is 0 Å². The van der Waals surface area contributed by atoms with Crippen molar-refractivity contribution in [3.63, 3.8) is 0 Å². The average molecular weight is 443 g/mol. The molecule has 0 radical (unpaired) electrons. The van der Waals surface area contributed by atoms with Gasteiger partial charge in [-0.3, -0.25) is 9.59 Å². The second-order valence-corrected chi connectivity index (χ2v) is 8.59. The molecule has 32 heavy (non-hydrogen) atoms. The monoisotopic (exact) mass is 443 g/mol. The molecule has 2 atom stereocenters. The Kier molecular flexibility index (Phi) is 6.67. The predicted molar refractivity (Wildman–Crippen MR) is 115 cm³/mol. The molecule has 1 saturated heterocycles. The van der Waals surface area contributed by atoms with E-state index in [9.17, 15) is 23.5 Å². The van der Waals surface area contributed by atoms with Gasteiger partial charge < -0.3 is 15.3 Å². The highest BCUT2D eigenvalue weighted by Crippen LogP contribution is 2.35. The van der Waals surface area contributed by atoms with Crippen molar-refractivity contribution in [3.8, 4) is 0 Å². The molecule has 2 aromatic rings. The molecule has 0 spiro atoms. The molecule has 2 N–H and O–H groups in total. The highest BCUT2D eigenvalue weighted by Gasteiger charge is 2.41. The predicted octanol–water partition coefficient (Wildman–Crippen LogP) is 4.11. The molecule has 3 heterocycles. The van der Waals surface area contributed by atoms with Crippen molar-refractivity contribution in [3.05, 3.63) is 58.8 Å². The summed E-state index contributed by atoms with van der Waals surface area (Å²) < 4.78 is 27.2. The molecule has 2 aliphatic rings. The number of hydrogen-bond acceptors (Lipinski definition) is 4. The Balaban J connectivity index is 1.29. The van der Waals surface area contributed by atoms with Gasteiger partial charge in [-0.15, -0.1) is 0 Å². The van der Waals surface area contributed by atoms with E-state index in [0.29, 0.717) is 13.0 Å². The van der Waals surface area contributed by atoms with E-state index in [1.165, 1.54) is 10.5 Å². The zero-order valence-electron chi connectivity index (χ0n) is 17.8. The number of halogens is 2. The zero-order chi connectivity index (χ0) is 22.7. The van der Waals surface area contributed by atoms with Crippen LogP contribution in [0, 0.1) is 17.6 Å². The van der Waals surface area contributed by atoms with Crippen molar-refractivity contribution in [2.75, 3.05) is 18.4 Å². The number of aromatic nitrogens is 1. The first-order chi connectivity index (χ1) is 15.4. The maximum Gasteiger partial charge on any atom is 0.305 e. The number of hydrogen-bond donors (Lipinski definition) is 2. The van der Waals surface area contributed by atoms with Crippen LogP contribution in [0.1, 0.15) is 55.0 Å². The van der Waals surface area contributed by atoms with Crippen LogP contribution in [-0.2, 0) is 22.4 Å². The first-order valence-electron chi connectivity index (χ1n) is 11.1. The number of nitrogens with one attached hydrogen (secondary N) is 1. The summed E-state index contributed by atoms with van der Waals surface area (Å²) in [6.45, 7) is 1.35. The molecule has 170 valence electrons. The Morgan fingerprint density at radius 2 is 2.00 bits per heavy atom. The van der Waals surface area contributed by atoms with Crippen molar-refractivity contribution in [2.45, 2.75) is 51.0 Å². The average Bonchev–Trinajstić information content (AvgIpc) is 2.75. The number of carbonyl (C=O) groups excluding carboxylic acids is 1. The SMILES string of the molecule is O=C(O)CC(c1cc(F)cc(F)c1)N1CC(CCCCc2ccc3c(n2)NCCC3)C1=O. The number of anilines is 1. The maximum atomic E-state index is 13.6. The third-order valence-electron chi connectivity index (χ3n) is 6.25. The van der Waals surface area contributed by atoms with Crippen LogP contribution in [0.5, 0.6) is 0 Å². The molecule has 1 fully saturated rings. The number of pyridine rings is 1. The second kappa shape index (κ2) is 9.63. The lowest BCUT2D eigenvalue weighted by Gasteiger charge is -2.43. The van der Waals surface area contributed by atoms with Gasteiger partial charge in [0.1, 0.15) is 17.5 Å². The lowest BCUT2D eigenvalue weighted by atomic mass is 9.88. The second-order valence-electron chi connectivity index (χ2n) is 8.59. The Morgan fingerprint density at radius 1 is 1.22 bits per heavy atom. The van der Waals surface area contributed by atoms with Crippen molar-refractivity contribution in [1.29, 1.82) is 0 Å². The standard InChI is InChI=1S/C24H27F2N3O3/c25-18-10-17(11-19(26)12-18)21(13-22(30)31)29-14-16(24(29)32)4-1-2-6-20-8-7-15-5-3-9-27-23(15)28-20/h7-8,10-12,16,21H,1-6,9,13-14H2,(H,27,28)(H,30,31). The Hall–Kier alpha value is -3.03. The topological polar surface area (TPSA) is 82.5 Å². The number of likely N-dealkylation sites (tertiary alicyclic amines) is 1. The number of unbranched alkanes of at least 4 members (excludes halogenated alkanes) is 1. The van der Waals surface area contributed by atoms with E-state index in [2.05, 4.69) is 22.4 Å². The minimum atomic E-state index is -1.12. The summed E-state index contributed by atoms with van der Waals surface area (Å²) >= 11 is 0. The van der Waals surface area contributed by atoms with Gasteiger partial charge in [-0.25, -0.2) is 13.8 Å². The molecule has 0 aliphatic carbocycles. The largest absolute Gasteiger partial charge is 0.481 e. The van der Waals surface area contributed by atoms with E-state index in [1.807, 2.05) is 0 Å². The maximum absolute atomic E-state index is 13.6. The van der Waals surface area contributed by atoms with Crippen LogP contribution in [0.3, 0.4) is 0 Å². The highest BCUT2D eigenvalue weighted by atomic mass is 19.1. The van der Waals surface area contributed by atoms with Crippen molar-refractivity contribution in [2.24, 2.45) is 5.92 Å². The van der Waals surface area contributed by atoms with Gasteiger partial charge in [-0.05, 0) is 61.4 Å². The Bertz CT molecular complexity index is 994. The fraction of sp³-hybridized carbons (Fsp3) is 0.458. The zero-order valence-corrected chi connectivity index (χ0v) is 17.8. The number of nitrogens with zero attached hydrogens (tertiary/aromatic N) is 2. The van der Waals surface area contributed by atoms with Gasteiger partial charge in [0.15, 0.2) is 0 Å². The quantitative estimate of drug-likeness (QED) is 0.450. The number of carboxylic acid groups (broad SMARTS) is 1. The van der Waals surface area contributed by atoms with Gasteiger partial charge in [0.05, 0.1) is 18.4 Å². The summed E-state index contributed by atoms with van der Waals surface area (Å²) in [7, 11) is 0. The Labute approximate surface area is 185 Å². The van der Waals surface area contributed by atoms with Gasteiger partial charge in [0, 0.05) is 24.8 Å². The number of β-lactam (4-membered cyclic amide) rings is 1. The number of carboxylic acids is 1. The molecule has 1 amide bonds. The fourth-order valence-electron chi connectivity index (χ4n) is 4.57. The molecule has 2 aliphatic heterocycles. The lowest BCUT2D eigenvalue weighted by Crippen LogP contribution is -2.54. The summed E-state index contributed by atoms with van der Waals surface area (Å²) in [5.41, 5.74) is 2.47. The van der Waals surface area contributed by atoms with Gasteiger partial charge in [-0.2, -0.15) is 0 Å². The third-order valence-corrected chi connectivity index (χ3v) is 6.25. The van der Waals surface area contributed by atoms with E-state index in [1.54, 1.807) is 0 Å². The number of carbonyl (C=O) groups is 2. The molecule has 0 bridgehead atoms. The molecule has 1 aromatic heterocycles. The van der Waals surface area contributed by atoms with Crippen LogP contribution in [0.4, 0.5) is 14.6 Å². The lowest BCUT2D eigenvalue weighted by molar-refractivity contribution is -0.154. The van der Waals surface area contributed by atoms with Crippen LogP contribution >= 0.6 is 0 Å². The van der Waals surface area contributed by atoms with E-state index >= 15 is 0 Å². The van der Waals surface area contributed by atoms with E-state index in [-0.39, 0.29) is 23.8 Å². The van der Waals surface area contributed by atoms with E-state index in [4.69, 9.17) is 0 Å². The van der Waals surface area contributed by atoms with Crippen LogP contribution in [0.25, 0.3) is 0 Å². The van der Waals surface area contributed by atoms with E-state index < -0.39 is 23.6 Å². The molecular weight excluding hydrogens is 416 g/mol. The number of rotatable bonds is 9. The normalized spacial score (nSPS) is 18.5. The van der Waals surface area contributed by atoms with Gasteiger partial charge in [-0.1, -0.05) is 12.5 Å². The smallest absolute Gasteiger partial charge is 0.305 e. The first-order valence-corrected chi connectivity index (χ1v) is 11.1. The van der Waals surface area contributed by atoms with Crippen LogP contribution < -0.4 is 5.32 Å². The van der Waals surface area contributed by atoms with Crippen molar-refractivity contribution >= 4 is 17.7 Å². The number of aryl methyl sites for hydroxylation is 2. The van der Waals surface area contributed by atoms with Crippen molar-refractivity contribution in [1.82, 2.24) is 9.88 Å². The molecule has 2 unspecified atom stereocenters. The third kappa shape index (κ3) is 5.06. The minimum absolute atomic E-state index is 0.156. The van der Waals surface area contributed by atoms with Crippen molar-refractivity contribution < 1.29 is 23.5 Å². The summed E-state index contributed by atoms with van der Waals surface area (Å²) in [4.78, 5) is 30.1. The molecular formula is C24H27F2N3O3. The first kappa shape index (κ1) is 22.2. The van der Waals surface area contributed by atoms with Crippen LogP contribution in [0.2, 0.25) is 0 Å².